The minimum atomic E-state index is -0.0562. The number of thiazole rings is 1. The zero-order valence-electron chi connectivity index (χ0n) is 12.7. The van der Waals surface area contributed by atoms with Crippen molar-refractivity contribution >= 4 is 42.1 Å². The molecule has 0 unspecified atom stereocenters. The van der Waals surface area contributed by atoms with Gasteiger partial charge in [0.05, 0.1) is 5.01 Å². The van der Waals surface area contributed by atoms with Gasteiger partial charge in [0.2, 0.25) is 0 Å². The van der Waals surface area contributed by atoms with E-state index < -0.39 is 0 Å². The van der Waals surface area contributed by atoms with Crippen molar-refractivity contribution < 1.29 is 4.79 Å². The molecule has 0 spiro atoms. The van der Waals surface area contributed by atoms with Crippen LogP contribution in [0.4, 0.5) is 0 Å². The summed E-state index contributed by atoms with van der Waals surface area (Å²) in [5.74, 6) is -0.0562. The fourth-order valence-electron chi connectivity index (χ4n) is 2.50. The van der Waals surface area contributed by atoms with E-state index in [0.717, 1.165) is 37.4 Å². The lowest BCUT2D eigenvalue weighted by Gasteiger charge is -2.23. The average Bonchev–Trinajstić information content (AvgIpc) is 2.98. The summed E-state index contributed by atoms with van der Waals surface area (Å²) in [5.41, 5.74) is 1.76. The van der Waals surface area contributed by atoms with Crippen LogP contribution in [-0.4, -0.2) is 30.0 Å². The largest absolute Gasteiger partial charge is 0.347 e. The predicted octanol–water partition coefficient (Wildman–Crippen LogP) is 3.06. The summed E-state index contributed by atoms with van der Waals surface area (Å²) in [4.78, 5) is 16.6. The maximum absolute atomic E-state index is 12.2. The first-order valence-electron chi connectivity index (χ1n) is 7.31. The number of benzene rings is 1. The van der Waals surface area contributed by atoms with E-state index in [1.54, 1.807) is 11.3 Å². The maximum Gasteiger partial charge on any atom is 0.271 e. The fourth-order valence-corrected chi connectivity index (χ4v) is 3.31. The number of carbonyl (C=O) groups excluding carboxylic acids is 1. The van der Waals surface area contributed by atoms with Gasteiger partial charge in [-0.2, -0.15) is 0 Å². The van der Waals surface area contributed by atoms with Crippen LogP contribution in [0.3, 0.4) is 0 Å². The molecule has 126 valence electrons. The third-order valence-corrected chi connectivity index (χ3v) is 4.46. The van der Waals surface area contributed by atoms with Gasteiger partial charge in [0.15, 0.2) is 0 Å². The highest BCUT2D eigenvalue weighted by Gasteiger charge is 2.18. The van der Waals surface area contributed by atoms with Gasteiger partial charge in [-0.1, -0.05) is 30.3 Å². The van der Waals surface area contributed by atoms with E-state index in [1.165, 1.54) is 5.56 Å². The summed E-state index contributed by atoms with van der Waals surface area (Å²) >= 11 is 1.55. The highest BCUT2D eigenvalue weighted by atomic mass is 35.5. The number of hydrogen-bond donors (Lipinski definition) is 2. The fraction of sp³-hybridized carbons (Fsp3) is 0.375. The van der Waals surface area contributed by atoms with E-state index in [-0.39, 0.29) is 36.8 Å². The molecule has 1 aliphatic heterocycles. The quantitative estimate of drug-likeness (QED) is 0.865. The standard InChI is InChI=1S/C16H19N3OS.2ClH/c20-16(18-13-7-4-8-17-10-13)14-11-21-15(19-14)9-12-5-2-1-3-6-12;;/h1-3,5-6,11,13,17H,4,7-10H2,(H,18,20);2*1H/t13-;;/m0../s1. The minimum absolute atomic E-state index is 0. The van der Waals surface area contributed by atoms with Crippen LogP contribution in [0.15, 0.2) is 35.7 Å². The molecule has 1 atom stereocenters. The Bertz CT molecular complexity index is 600. The van der Waals surface area contributed by atoms with E-state index in [0.29, 0.717) is 5.69 Å². The average molecular weight is 374 g/mol. The second kappa shape index (κ2) is 9.88. The second-order valence-corrected chi connectivity index (χ2v) is 6.25. The molecule has 1 aromatic carbocycles. The van der Waals surface area contributed by atoms with Gasteiger partial charge in [-0.05, 0) is 24.9 Å². The van der Waals surface area contributed by atoms with E-state index in [1.807, 2.05) is 23.6 Å². The molecule has 1 saturated heterocycles. The number of rotatable bonds is 4. The second-order valence-electron chi connectivity index (χ2n) is 5.31. The van der Waals surface area contributed by atoms with Crippen molar-refractivity contribution in [3.8, 4) is 0 Å². The first-order valence-corrected chi connectivity index (χ1v) is 8.19. The van der Waals surface area contributed by atoms with Crippen LogP contribution in [0.5, 0.6) is 0 Å². The lowest BCUT2D eigenvalue weighted by molar-refractivity contribution is 0.0926. The van der Waals surface area contributed by atoms with Crippen molar-refractivity contribution in [2.24, 2.45) is 0 Å². The molecule has 0 saturated carbocycles. The Morgan fingerprint density at radius 1 is 1.30 bits per heavy atom. The third-order valence-electron chi connectivity index (χ3n) is 3.61. The molecule has 2 N–H and O–H groups in total. The van der Waals surface area contributed by atoms with Crippen molar-refractivity contribution in [3.63, 3.8) is 0 Å². The monoisotopic (exact) mass is 373 g/mol. The third kappa shape index (κ3) is 5.77. The lowest BCUT2D eigenvalue weighted by atomic mass is 10.1. The molecule has 1 aliphatic rings. The van der Waals surface area contributed by atoms with Gasteiger partial charge in [0.1, 0.15) is 5.69 Å². The van der Waals surface area contributed by atoms with Crippen LogP contribution in [0, 0.1) is 0 Å². The summed E-state index contributed by atoms with van der Waals surface area (Å²) in [7, 11) is 0. The predicted molar refractivity (Wildman–Crippen MR) is 99.2 cm³/mol. The van der Waals surface area contributed by atoms with E-state index >= 15 is 0 Å². The van der Waals surface area contributed by atoms with E-state index in [9.17, 15) is 4.79 Å². The van der Waals surface area contributed by atoms with Crippen LogP contribution >= 0.6 is 36.2 Å². The topological polar surface area (TPSA) is 54.0 Å². The SMILES string of the molecule is Cl.Cl.O=C(N[C@H]1CCCNC1)c1csc(Cc2ccccc2)n1. The van der Waals surface area contributed by atoms with Crippen molar-refractivity contribution in [1.29, 1.82) is 0 Å². The van der Waals surface area contributed by atoms with Crippen LogP contribution in [0.25, 0.3) is 0 Å². The molecule has 2 aromatic rings. The molecule has 0 radical (unpaired) electrons. The number of carbonyl (C=O) groups is 1. The molecule has 1 aromatic heterocycles. The Morgan fingerprint density at radius 3 is 2.78 bits per heavy atom. The summed E-state index contributed by atoms with van der Waals surface area (Å²) in [6, 6.07) is 10.4. The first-order chi connectivity index (χ1) is 10.3. The van der Waals surface area contributed by atoms with Crippen LogP contribution < -0.4 is 10.6 Å². The summed E-state index contributed by atoms with van der Waals surface area (Å²) < 4.78 is 0. The van der Waals surface area contributed by atoms with Gasteiger partial charge in [-0.3, -0.25) is 4.79 Å². The molecule has 1 fully saturated rings. The summed E-state index contributed by atoms with van der Waals surface area (Å²) in [6.07, 6.45) is 2.94. The van der Waals surface area contributed by atoms with Crippen molar-refractivity contribution in [2.45, 2.75) is 25.3 Å². The van der Waals surface area contributed by atoms with Crippen molar-refractivity contribution in [3.05, 3.63) is 52.0 Å². The molecule has 23 heavy (non-hydrogen) atoms. The Morgan fingerprint density at radius 2 is 2.09 bits per heavy atom. The van der Waals surface area contributed by atoms with Gasteiger partial charge in [0, 0.05) is 24.4 Å². The molecule has 2 heterocycles. The lowest BCUT2D eigenvalue weighted by Crippen LogP contribution is -2.45. The smallest absolute Gasteiger partial charge is 0.271 e. The van der Waals surface area contributed by atoms with Gasteiger partial charge in [-0.15, -0.1) is 36.2 Å². The van der Waals surface area contributed by atoms with Gasteiger partial charge < -0.3 is 10.6 Å². The number of amides is 1. The summed E-state index contributed by atoms with van der Waals surface area (Å²) in [5, 5.41) is 9.18. The number of hydrogen-bond acceptors (Lipinski definition) is 4. The first kappa shape index (κ1) is 19.9. The highest BCUT2D eigenvalue weighted by Crippen LogP contribution is 2.15. The Balaban J connectivity index is 0.00000132. The highest BCUT2D eigenvalue weighted by molar-refractivity contribution is 7.09. The summed E-state index contributed by atoms with van der Waals surface area (Å²) in [6.45, 7) is 1.90. The number of halogens is 2. The van der Waals surface area contributed by atoms with Gasteiger partial charge >= 0.3 is 0 Å². The minimum Gasteiger partial charge on any atom is -0.347 e. The van der Waals surface area contributed by atoms with Crippen LogP contribution in [0.1, 0.15) is 33.9 Å². The van der Waals surface area contributed by atoms with Gasteiger partial charge in [-0.25, -0.2) is 4.98 Å². The molecular weight excluding hydrogens is 353 g/mol. The Hall–Kier alpha value is -1.14. The number of piperidine rings is 1. The Labute approximate surface area is 152 Å². The van der Waals surface area contributed by atoms with Crippen LogP contribution in [0.2, 0.25) is 0 Å². The van der Waals surface area contributed by atoms with Crippen molar-refractivity contribution in [2.75, 3.05) is 13.1 Å². The number of nitrogens with one attached hydrogen (secondary N) is 2. The molecule has 0 aliphatic carbocycles. The Kier molecular flexibility index (Phi) is 8.55. The van der Waals surface area contributed by atoms with E-state index in [4.69, 9.17) is 0 Å². The van der Waals surface area contributed by atoms with Gasteiger partial charge in [0.25, 0.3) is 5.91 Å². The molecule has 7 heteroatoms. The number of aromatic nitrogens is 1. The molecular formula is C16H21Cl2N3OS. The molecule has 3 rings (SSSR count). The zero-order chi connectivity index (χ0) is 14.5. The zero-order valence-corrected chi connectivity index (χ0v) is 15.1. The molecule has 1 amide bonds. The molecule has 0 bridgehead atoms. The van der Waals surface area contributed by atoms with E-state index in [2.05, 4.69) is 27.8 Å². The van der Waals surface area contributed by atoms with Crippen LogP contribution in [-0.2, 0) is 6.42 Å². The molecule has 4 nitrogen and oxygen atoms in total. The maximum atomic E-state index is 12.2. The number of nitrogens with zero attached hydrogens (tertiary/aromatic N) is 1. The van der Waals surface area contributed by atoms with Crippen molar-refractivity contribution in [1.82, 2.24) is 15.6 Å². The normalized spacial score (nSPS) is 16.8.